The molecule has 4 heteroatoms. The van der Waals surface area contributed by atoms with Crippen LogP contribution in [0.1, 0.15) is 32.3 Å². The van der Waals surface area contributed by atoms with Crippen molar-refractivity contribution in [3.63, 3.8) is 0 Å². The molecule has 0 aliphatic heterocycles. The minimum absolute atomic E-state index is 0.110. The molecule has 18 heavy (non-hydrogen) atoms. The van der Waals surface area contributed by atoms with Crippen molar-refractivity contribution in [2.45, 2.75) is 44.6 Å². The molecule has 1 amide bonds. The summed E-state index contributed by atoms with van der Waals surface area (Å²) in [5, 5.41) is 2.84. The van der Waals surface area contributed by atoms with Crippen LogP contribution >= 0.6 is 11.6 Å². The summed E-state index contributed by atoms with van der Waals surface area (Å²) in [5.41, 5.74) is 1.77. The van der Waals surface area contributed by atoms with Gasteiger partial charge >= 0.3 is 0 Å². The van der Waals surface area contributed by atoms with E-state index >= 15 is 0 Å². The predicted molar refractivity (Wildman–Crippen MR) is 73.4 cm³/mol. The van der Waals surface area contributed by atoms with Crippen molar-refractivity contribution in [1.82, 2.24) is 0 Å². The molecule has 0 radical (unpaired) electrons. The van der Waals surface area contributed by atoms with Gasteiger partial charge in [0.1, 0.15) is 10.6 Å². The summed E-state index contributed by atoms with van der Waals surface area (Å²) in [6.07, 6.45) is 1.66. The van der Waals surface area contributed by atoms with Gasteiger partial charge in [-0.2, -0.15) is 0 Å². The molecule has 0 bridgehead atoms. The summed E-state index contributed by atoms with van der Waals surface area (Å²) in [6, 6.07) is 5.61. The van der Waals surface area contributed by atoms with Gasteiger partial charge in [-0.1, -0.05) is 0 Å². The van der Waals surface area contributed by atoms with Gasteiger partial charge in [-0.25, -0.2) is 0 Å². The average Bonchev–Trinajstić information content (AvgIpc) is 3.01. The first-order valence-electron chi connectivity index (χ1n) is 6.18. The van der Waals surface area contributed by atoms with Crippen molar-refractivity contribution in [2.75, 3.05) is 5.32 Å². The van der Waals surface area contributed by atoms with Crippen molar-refractivity contribution in [3.8, 4) is 5.75 Å². The number of alkyl halides is 1. The number of aryl methyl sites for hydroxylation is 1. The molecule has 0 spiro atoms. The first-order valence-corrected chi connectivity index (χ1v) is 6.56. The number of carbonyl (C=O) groups is 1. The Hall–Kier alpha value is -1.22. The van der Waals surface area contributed by atoms with Crippen molar-refractivity contribution >= 4 is 23.2 Å². The highest BCUT2D eigenvalue weighted by Gasteiger charge is 2.48. The normalized spacial score (nSPS) is 16.5. The van der Waals surface area contributed by atoms with E-state index in [1.807, 2.05) is 39.0 Å². The van der Waals surface area contributed by atoms with Gasteiger partial charge in [0.25, 0.3) is 0 Å². The number of anilines is 1. The monoisotopic (exact) mass is 267 g/mol. The summed E-state index contributed by atoms with van der Waals surface area (Å²) >= 11 is 6.05. The molecule has 1 aromatic carbocycles. The van der Waals surface area contributed by atoms with Crippen LogP contribution in [0.4, 0.5) is 5.69 Å². The van der Waals surface area contributed by atoms with E-state index in [2.05, 4.69) is 5.32 Å². The average molecular weight is 268 g/mol. The van der Waals surface area contributed by atoms with Gasteiger partial charge in [0.2, 0.25) is 5.91 Å². The second kappa shape index (κ2) is 4.81. The molecule has 0 saturated heterocycles. The van der Waals surface area contributed by atoms with Crippen LogP contribution in [0, 0.1) is 6.92 Å². The van der Waals surface area contributed by atoms with Crippen LogP contribution in [-0.2, 0) is 4.79 Å². The maximum Gasteiger partial charge on any atom is 0.245 e. The van der Waals surface area contributed by atoms with Crippen molar-refractivity contribution < 1.29 is 9.53 Å². The second-order valence-corrected chi connectivity index (χ2v) is 5.79. The first-order chi connectivity index (χ1) is 8.40. The van der Waals surface area contributed by atoms with Crippen LogP contribution in [-0.4, -0.2) is 16.9 Å². The van der Waals surface area contributed by atoms with E-state index < -0.39 is 4.87 Å². The predicted octanol–water partition coefficient (Wildman–Crippen LogP) is 3.49. The SMILES string of the molecule is Cc1cc(NC(=O)C2(Cl)CC2)ccc1OC(C)C. The topological polar surface area (TPSA) is 38.3 Å². The Balaban J connectivity index is 2.06. The minimum atomic E-state index is -0.666. The molecule has 98 valence electrons. The highest BCUT2D eigenvalue weighted by Crippen LogP contribution is 2.43. The van der Waals surface area contributed by atoms with Crippen molar-refractivity contribution in [2.24, 2.45) is 0 Å². The first kappa shape index (κ1) is 13.2. The van der Waals surface area contributed by atoms with Gasteiger partial charge in [-0.3, -0.25) is 4.79 Å². The maximum atomic E-state index is 11.8. The number of benzene rings is 1. The smallest absolute Gasteiger partial charge is 0.245 e. The van der Waals surface area contributed by atoms with E-state index in [0.717, 1.165) is 29.8 Å². The summed E-state index contributed by atoms with van der Waals surface area (Å²) in [4.78, 5) is 11.1. The molecule has 2 rings (SSSR count). The molecule has 0 atom stereocenters. The third-order valence-electron chi connectivity index (χ3n) is 2.89. The zero-order chi connectivity index (χ0) is 13.3. The molecule has 0 heterocycles. The van der Waals surface area contributed by atoms with Gasteiger partial charge in [0.05, 0.1) is 6.10 Å². The molecule has 1 aromatic rings. The third-order valence-corrected chi connectivity index (χ3v) is 3.44. The van der Waals surface area contributed by atoms with E-state index in [9.17, 15) is 4.79 Å². The highest BCUT2D eigenvalue weighted by atomic mass is 35.5. The number of hydrogen-bond donors (Lipinski definition) is 1. The Labute approximate surface area is 112 Å². The number of halogens is 1. The summed E-state index contributed by atoms with van der Waals surface area (Å²) in [6.45, 7) is 5.93. The molecule has 1 saturated carbocycles. The number of carbonyl (C=O) groups excluding carboxylic acids is 1. The zero-order valence-electron chi connectivity index (χ0n) is 10.9. The number of rotatable bonds is 4. The molecule has 3 nitrogen and oxygen atoms in total. The van der Waals surface area contributed by atoms with E-state index in [1.165, 1.54) is 0 Å². The fraction of sp³-hybridized carbons (Fsp3) is 0.500. The molecular weight excluding hydrogens is 250 g/mol. The van der Waals surface area contributed by atoms with Gasteiger partial charge in [0.15, 0.2) is 0 Å². The van der Waals surface area contributed by atoms with Gasteiger partial charge in [-0.15, -0.1) is 11.6 Å². The van der Waals surface area contributed by atoms with Crippen LogP contribution in [0.2, 0.25) is 0 Å². The lowest BCUT2D eigenvalue weighted by atomic mass is 10.2. The van der Waals surface area contributed by atoms with Crippen LogP contribution < -0.4 is 10.1 Å². The van der Waals surface area contributed by atoms with Gasteiger partial charge in [-0.05, 0) is 57.4 Å². The molecule has 1 fully saturated rings. The van der Waals surface area contributed by atoms with Crippen molar-refractivity contribution in [3.05, 3.63) is 23.8 Å². The molecule has 1 N–H and O–H groups in total. The Bertz CT molecular complexity index is 467. The van der Waals surface area contributed by atoms with E-state index in [-0.39, 0.29) is 12.0 Å². The summed E-state index contributed by atoms with van der Waals surface area (Å²) in [7, 11) is 0. The minimum Gasteiger partial charge on any atom is -0.491 e. The zero-order valence-corrected chi connectivity index (χ0v) is 11.7. The van der Waals surface area contributed by atoms with Gasteiger partial charge in [0, 0.05) is 5.69 Å². The van der Waals surface area contributed by atoms with Crippen LogP contribution in [0.25, 0.3) is 0 Å². The summed E-state index contributed by atoms with van der Waals surface area (Å²) < 4.78 is 5.65. The lowest BCUT2D eigenvalue weighted by molar-refractivity contribution is -0.116. The standard InChI is InChI=1S/C14H18ClNO2/c1-9(2)18-12-5-4-11(8-10(12)3)16-13(17)14(15)6-7-14/h4-5,8-9H,6-7H2,1-3H3,(H,16,17). The number of nitrogens with one attached hydrogen (secondary N) is 1. The van der Waals surface area contributed by atoms with Crippen LogP contribution in [0.3, 0.4) is 0 Å². The molecule has 1 aliphatic rings. The largest absolute Gasteiger partial charge is 0.491 e. The third kappa shape index (κ3) is 2.96. The lowest BCUT2D eigenvalue weighted by Gasteiger charge is -2.14. The fourth-order valence-electron chi connectivity index (χ4n) is 1.69. The molecule has 0 unspecified atom stereocenters. The number of hydrogen-bond acceptors (Lipinski definition) is 2. The molecular formula is C14H18ClNO2. The van der Waals surface area contributed by atoms with Gasteiger partial charge < -0.3 is 10.1 Å². The fourth-order valence-corrected chi connectivity index (χ4v) is 1.83. The molecule has 1 aliphatic carbocycles. The summed E-state index contributed by atoms with van der Waals surface area (Å²) in [5.74, 6) is 0.733. The number of amides is 1. The quantitative estimate of drug-likeness (QED) is 0.848. The van der Waals surface area contributed by atoms with Crippen LogP contribution in [0.5, 0.6) is 5.75 Å². The van der Waals surface area contributed by atoms with E-state index in [4.69, 9.17) is 16.3 Å². The highest BCUT2D eigenvalue weighted by molar-refractivity contribution is 6.38. The Morgan fingerprint density at radius 3 is 2.61 bits per heavy atom. The molecule has 0 aromatic heterocycles. The Morgan fingerprint density at radius 2 is 2.11 bits per heavy atom. The lowest BCUT2D eigenvalue weighted by Crippen LogP contribution is -2.24. The van der Waals surface area contributed by atoms with Crippen molar-refractivity contribution in [1.29, 1.82) is 0 Å². The van der Waals surface area contributed by atoms with E-state index in [1.54, 1.807) is 0 Å². The van der Waals surface area contributed by atoms with Crippen LogP contribution in [0.15, 0.2) is 18.2 Å². The second-order valence-electron chi connectivity index (χ2n) is 5.07. The number of ether oxygens (including phenoxy) is 1. The maximum absolute atomic E-state index is 11.8. The Kier molecular flexibility index (Phi) is 3.53. The van der Waals surface area contributed by atoms with E-state index in [0.29, 0.717) is 0 Å². The Morgan fingerprint density at radius 1 is 1.44 bits per heavy atom.